The second kappa shape index (κ2) is 6.23. The molecule has 0 spiro atoms. The smallest absolute Gasteiger partial charge is 0.322 e. The summed E-state index contributed by atoms with van der Waals surface area (Å²) >= 11 is 0. The zero-order valence-electron chi connectivity index (χ0n) is 10.6. The molecule has 0 saturated carbocycles. The minimum Gasteiger partial charge on any atom is -0.493 e. The molecule has 0 aliphatic heterocycles. The molecule has 0 fully saturated rings. The van der Waals surface area contributed by atoms with Crippen LogP contribution in [-0.2, 0) is 4.79 Å². The van der Waals surface area contributed by atoms with Crippen molar-refractivity contribution in [3.05, 3.63) is 23.8 Å². The van der Waals surface area contributed by atoms with Crippen molar-refractivity contribution in [2.45, 2.75) is 12.1 Å². The summed E-state index contributed by atoms with van der Waals surface area (Å²) in [5, 5.41) is 11.8. The fourth-order valence-electron chi connectivity index (χ4n) is 1.74. The van der Waals surface area contributed by atoms with Gasteiger partial charge in [0.15, 0.2) is 11.5 Å². The highest BCUT2D eigenvalue weighted by Crippen LogP contribution is 2.30. The van der Waals surface area contributed by atoms with E-state index in [0.29, 0.717) is 11.5 Å². The van der Waals surface area contributed by atoms with Gasteiger partial charge in [-0.15, -0.1) is 0 Å². The number of hydrogen-bond acceptors (Lipinski definition) is 5. The van der Waals surface area contributed by atoms with Gasteiger partial charge in [-0.1, -0.05) is 6.07 Å². The average molecular weight is 254 g/mol. The Bertz CT molecular complexity index is 423. The number of carboxylic acids is 1. The molecule has 1 aromatic carbocycles. The van der Waals surface area contributed by atoms with Crippen LogP contribution in [0.25, 0.3) is 0 Å². The molecule has 4 N–H and O–H groups in total. The fourth-order valence-corrected chi connectivity index (χ4v) is 1.74. The summed E-state index contributed by atoms with van der Waals surface area (Å²) in [6.45, 7) is 0. The van der Waals surface area contributed by atoms with Gasteiger partial charge in [0, 0.05) is 0 Å². The molecule has 0 aliphatic carbocycles. The lowest BCUT2D eigenvalue weighted by atomic mass is 9.99. The lowest BCUT2D eigenvalue weighted by molar-refractivity contribution is -0.139. The van der Waals surface area contributed by atoms with Crippen LogP contribution in [-0.4, -0.2) is 38.4 Å². The number of nitrogens with two attached hydrogens (primary N) is 1. The van der Waals surface area contributed by atoms with Crippen LogP contribution >= 0.6 is 0 Å². The van der Waals surface area contributed by atoms with Crippen LogP contribution in [0.2, 0.25) is 0 Å². The minimum absolute atomic E-state index is 0.498. The molecule has 0 saturated heterocycles. The molecule has 0 aliphatic rings. The van der Waals surface area contributed by atoms with Crippen molar-refractivity contribution in [3.63, 3.8) is 0 Å². The van der Waals surface area contributed by atoms with Gasteiger partial charge in [0.05, 0.1) is 20.3 Å². The fraction of sp³-hybridized carbons (Fsp3) is 0.417. The summed E-state index contributed by atoms with van der Waals surface area (Å²) in [5.41, 5.74) is 6.36. The van der Waals surface area contributed by atoms with E-state index in [4.69, 9.17) is 20.3 Å². The molecular formula is C12H18N2O4. The van der Waals surface area contributed by atoms with E-state index in [1.807, 2.05) is 0 Å². The second-order valence-corrected chi connectivity index (χ2v) is 3.74. The molecule has 0 bridgehead atoms. The van der Waals surface area contributed by atoms with Gasteiger partial charge < -0.3 is 25.6 Å². The normalized spacial score (nSPS) is 13.8. The number of carboxylic acid groups (broad SMARTS) is 1. The lowest BCUT2D eigenvalue weighted by Gasteiger charge is -2.21. The molecule has 2 atom stereocenters. The topological polar surface area (TPSA) is 93.8 Å². The Morgan fingerprint density at radius 1 is 1.33 bits per heavy atom. The predicted octanol–water partition coefficient (Wildman–Crippen LogP) is 0.376. The second-order valence-electron chi connectivity index (χ2n) is 3.74. The van der Waals surface area contributed by atoms with Crippen LogP contribution < -0.4 is 20.5 Å². The maximum Gasteiger partial charge on any atom is 0.322 e. The van der Waals surface area contributed by atoms with Crippen LogP contribution in [0, 0.1) is 0 Å². The first-order valence-corrected chi connectivity index (χ1v) is 5.42. The van der Waals surface area contributed by atoms with Gasteiger partial charge in [-0.25, -0.2) is 0 Å². The van der Waals surface area contributed by atoms with Gasteiger partial charge in [-0.3, -0.25) is 4.79 Å². The Hall–Kier alpha value is -1.79. The molecule has 6 heteroatoms. The quantitative estimate of drug-likeness (QED) is 0.679. The Labute approximate surface area is 106 Å². The number of hydrogen-bond donors (Lipinski definition) is 3. The Kier molecular flexibility index (Phi) is 4.94. The summed E-state index contributed by atoms with van der Waals surface area (Å²) in [7, 11) is 4.72. The molecule has 0 heterocycles. The van der Waals surface area contributed by atoms with Gasteiger partial charge in [0.2, 0.25) is 0 Å². The SMILES string of the molecule is CNC(c1ccc(OC)c(OC)c1)C(N)C(=O)O. The van der Waals surface area contributed by atoms with Crippen LogP contribution in [0.1, 0.15) is 11.6 Å². The average Bonchev–Trinajstić information content (AvgIpc) is 2.39. The van der Waals surface area contributed by atoms with E-state index in [-0.39, 0.29) is 0 Å². The first-order chi connectivity index (χ1) is 8.54. The number of likely N-dealkylation sites (N-methyl/N-ethyl adjacent to an activating group) is 1. The van der Waals surface area contributed by atoms with Gasteiger partial charge in [0.25, 0.3) is 0 Å². The number of benzene rings is 1. The van der Waals surface area contributed by atoms with Crippen molar-refractivity contribution in [3.8, 4) is 11.5 Å². The standard InChI is InChI=1S/C12H18N2O4/c1-14-11(10(13)12(15)16)7-4-5-8(17-2)9(6-7)18-3/h4-6,10-11,14H,13H2,1-3H3,(H,15,16). The molecule has 0 aromatic heterocycles. The molecular weight excluding hydrogens is 236 g/mol. The van der Waals surface area contributed by atoms with Gasteiger partial charge in [-0.2, -0.15) is 0 Å². The van der Waals surface area contributed by atoms with E-state index in [9.17, 15) is 4.79 Å². The van der Waals surface area contributed by atoms with E-state index in [1.54, 1.807) is 25.2 Å². The largest absolute Gasteiger partial charge is 0.493 e. The van der Waals surface area contributed by atoms with Gasteiger partial charge in [-0.05, 0) is 24.7 Å². The number of methoxy groups -OCH3 is 2. The van der Waals surface area contributed by atoms with Gasteiger partial charge in [0.1, 0.15) is 6.04 Å². The first-order valence-electron chi connectivity index (χ1n) is 5.42. The highest BCUT2D eigenvalue weighted by molar-refractivity contribution is 5.74. The molecule has 0 radical (unpaired) electrons. The third kappa shape index (κ3) is 2.91. The number of carbonyl (C=O) groups is 1. The van der Waals surface area contributed by atoms with Crippen molar-refractivity contribution in [2.24, 2.45) is 5.73 Å². The number of nitrogens with one attached hydrogen (secondary N) is 1. The number of aliphatic carboxylic acids is 1. The molecule has 0 amide bonds. The maximum absolute atomic E-state index is 10.9. The van der Waals surface area contributed by atoms with E-state index >= 15 is 0 Å². The van der Waals surface area contributed by atoms with Gasteiger partial charge >= 0.3 is 5.97 Å². The summed E-state index contributed by atoms with van der Waals surface area (Å²) < 4.78 is 10.3. The summed E-state index contributed by atoms with van der Waals surface area (Å²) in [6, 6.07) is 3.65. The molecule has 2 unspecified atom stereocenters. The summed E-state index contributed by atoms with van der Waals surface area (Å²) in [4.78, 5) is 10.9. The summed E-state index contributed by atoms with van der Waals surface area (Å²) in [5.74, 6) is 0.0528. The third-order valence-corrected chi connectivity index (χ3v) is 2.72. The lowest BCUT2D eigenvalue weighted by Crippen LogP contribution is -2.42. The minimum atomic E-state index is -1.07. The van der Waals surface area contributed by atoms with Crippen molar-refractivity contribution in [1.29, 1.82) is 0 Å². The molecule has 6 nitrogen and oxygen atoms in total. The van der Waals surface area contributed by atoms with Crippen LogP contribution in [0.4, 0.5) is 0 Å². The highest BCUT2D eigenvalue weighted by Gasteiger charge is 2.25. The molecule has 100 valence electrons. The van der Waals surface area contributed by atoms with Crippen molar-refractivity contribution in [1.82, 2.24) is 5.32 Å². The van der Waals surface area contributed by atoms with Crippen LogP contribution in [0.15, 0.2) is 18.2 Å². The first kappa shape index (κ1) is 14.3. The van der Waals surface area contributed by atoms with Crippen molar-refractivity contribution < 1.29 is 19.4 Å². The summed E-state index contributed by atoms with van der Waals surface area (Å²) in [6.07, 6.45) is 0. The molecule has 1 aromatic rings. The van der Waals surface area contributed by atoms with E-state index in [2.05, 4.69) is 5.32 Å². The van der Waals surface area contributed by atoms with Crippen LogP contribution in [0.5, 0.6) is 11.5 Å². The van der Waals surface area contributed by atoms with Crippen molar-refractivity contribution in [2.75, 3.05) is 21.3 Å². The third-order valence-electron chi connectivity index (χ3n) is 2.72. The monoisotopic (exact) mass is 254 g/mol. The zero-order chi connectivity index (χ0) is 13.7. The van der Waals surface area contributed by atoms with E-state index in [1.165, 1.54) is 14.2 Å². The number of ether oxygens (including phenoxy) is 2. The maximum atomic E-state index is 10.9. The highest BCUT2D eigenvalue weighted by atomic mass is 16.5. The Morgan fingerprint density at radius 2 is 1.94 bits per heavy atom. The zero-order valence-corrected chi connectivity index (χ0v) is 10.6. The van der Waals surface area contributed by atoms with E-state index < -0.39 is 18.1 Å². The van der Waals surface area contributed by atoms with Crippen LogP contribution in [0.3, 0.4) is 0 Å². The van der Waals surface area contributed by atoms with Crippen molar-refractivity contribution >= 4 is 5.97 Å². The predicted molar refractivity (Wildman–Crippen MR) is 67.0 cm³/mol. The Morgan fingerprint density at radius 3 is 2.39 bits per heavy atom. The molecule has 18 heavy (non-hydrogen) atoms. The van der Waals surface area contributed by atoms with E-state index in [0.717, 1.165) is 5.56 Å². The number of rotatable bonds is 6. The molecule has 1 rings (SSSR count). The Balaban J connectivity index is 3.10.